The highest BCUT2D eigenvalue weighted by molar-refractivity contribution is 7.99. The fourth-order valence-electron chi connectivity index (χ4n) is 3.38. The number of rotatable bonds is 12. The lowest BCUT2D eigenvalue weighted by Crippen LogP contribution is -2.38. The summed E-state index contributed by atoms with van der Waals surface area (Å²) in [6, 6.07) is 8.93. The molecule has 0 bridgehead atoms. The van der Waals surface area contributed by atoms with Crippen molar-refractivity contribution in [3.05, 3.63) is 87.4 Å². The lowest BCUT2D eigenvalue weighted by atomic mass is 10.1. The molecule has 0 aliphatic heterocycles. The van der Waals surface area contributed by atoms with E-state index in [4.69, 9.17) is 38.1 Å². The summed E-state index contributed by atoms with van der Waals surface area (Å²) in [5, 5.41) is 4.22. The molecular weight excluding hydrogens is 508 g/mol. The van der Waals surface area contributed by atoms with E-state index in [1.807, 2.05) is 25.1 Å². The molecule has 5 nitrogen and oxygen atoms in total. The molecule has 1 aromatic heterocycles. The number of hydrogen-bond donors (Lipinski definition) is 2. The molecule has 2 aromatic carbocycles. The van der Waals surface area contributed by atoms with Gasteiger partial charge in [-0.3, -0.25) is 0 Å². The molecule has 35 heavy (non-hydrogen) atoms. The van der Waals surface area contributed by atoms with Gasteiger partial charge in [-0.15, -0.1) is 0 Å². The topological polar surface area (TPSA) is 73.3 Å². The summed E-state index contributed by atoms with van der Waals surface area (Å²) in [5.74, 6) is -0.503. The van der Waals surface area contributed by atoms with Crippen molar-refractivity contribution in [2.75, 3.05) is 6.61 Å². The number of nitrogens with one attached hydrogen (secondary N) is 1. The second-order valence-corrected chi connectivity index (χ2v) is 10.2. The molecule has 0 amide bonds. The largest absolute Gasteiger partial charge is 0.451 e. The second kappa shape index (κ2) is 13.2. The van der Waals surface area contributed by atoms with Crippen LogP contribution in [-0.4, -0.2) is 23.1 Å². The Morgan fingerprint density at radius 2 is 2.06 bits per heavy atom. The number of thioether (sulfide) groups is 1. The molecule has 188 valence electrons. The number of aromatic nitrogens is 1. The Morgan fingerprint density at radius 1 is 1.26 bits per heavy atom. The molecule has 2 atom stereocenters. The van der Waals surface area contributed by atoms with Crippen LogP contribution in [0.2, 0.25) is 10.0 Å². The van der Waals surface area contributed by atoms with Gasteiger partial charge in [-0.1, -0.05) is 48.0 Å². The van der Waals surface area contributed by atoms with E-state index in [9.17, 15) is 4.39 Å². The Morgan fingerprint density at radius 3 is 2.71 bits per heavy atom. The highest BCUT2D eigenvalue weighted by atomic mass is 35.5. The lowest BCUT2D eigenvalue weighted by Gasteiger charge is -2.28. The van der Waals surface area contributed by atoms with Crippen molar-refractivity contribution in [2.45, 2.75) is 56.4 Å². The molecule has 1 heterocycles. The quantitative estimate of drug-likeness (QED) is 0.189. The van der Waals surface area contributed by atoms with Crippen LogP contribution in [0.15, 0.2) is 58.5 Å². The minimum absolute atomic E-state index is 0.0983. The first-order valence-corrected chi connectivity index (χ1v) is 13.0. The predicted octanol–water partition coefficient (Wildman–Crippen LogP) is 7.13. The van der Waals surface area contributed by atoms with E-state index in [0.717, 1.165) is 22.6 Å². The molecule has 2 unspecified atom stereocenters. The summed E-state index contributed by atoms with van der Waals surface area (Å²) < 4.78 is 25.5. The lowest BCUT2D eigenvalue weighted by molar-refractivity contribution is 0.0875. The van der Waals surface area contributed by atoms with Gasteiger partial charge in [0, 0.05) is 28.3 Å². The van der Waals surface area contributed by atoms with Gasteiger partial charge >= 0.3 is 0 Å². The zero-order valence-electron chi connectivity index (χ0n) is 20.0. The molecule has 0 saturated heterocycles. The number of nitrogens with two attached hydrogens (primary N) is 1. The van der Waals surface area contributed by atoms with Crippen molar-refractivity contribution in [1.29, 1.82) is 0 Å². The molecule has 3 rings (SSSR count). The van der Waals surface area contributed by atoms with Gasteiger partial charge in [0.2, 0.25) is 0 Å². The Bertz CT molecular complexity index is 1120. The van der Waals surface area contributed by atoms with Crippen molar-refractivity contribution in [1.82, 2.24) is 10.3 Å². The van der Waals surface area contributed by atoms with E-state index >= 15 is 0 Å². The number of oxazole rings is 1. The third-order valence-electron chi connectivity index (χ3n) is 5.40. The van der Waals surface area contributed by atoms with Crippen LogP contribution in [0.1, 0.15) is 42.1 Å². The fraction of sp³-hybridized carbons (Fsp3) is 0.346. The van der Waals surface area contributed by atoms with Gasteiger partial charge in [0.05, 0.1) is 22.5 Å². The highest BCUT2D eigenvalue weighted by Gasteiger charge is 2.24. The van der Waals surface area contributed by atoms with Gasteiger partial charge in [-0.05, 0) is 68.5 Å². The van der Waals surface area contributed by atoms with Gasteiger partial charge in [0.25, 0.3) is 0 Å². The summed E-state index contributed by atoms with van der Waals surface area (Å²) >= 11 is 13.9. The van der Waals surface area contributed by atoms with Gasteiger partial charge in [-0.25, -0.2) is 9.37 Å². The first kappa shape index (κ1) is 27.4. The van der Waals surface area contributed by atoms with E-state index in [0.29, 0.717) is 41.3 Å². The minimum atomic E-state index is -0.503. The van der Waals surface area contributed by atoms with Gasteiger partial charge in [-0.2, -0.15) is 0 Å². The first-order chi connectivity index (χ1) is 16.8. The van der Waals surface area contributed by atoms with E-state index < -0.39 is 5.82 Å². The summed E-state index contributed by atoms with van der Waals surface area (Å²) in [5.41, 5.74) is 9.50. The number of nitrogens with zero attached hydrogens (tertiary/aromatic N) is 1. The SMILES string of the molecule is CCCOC(Sc1ccc(C)c(Cl)c1)C(CCc1cocn1)N/C=C(\N)c1cc(C)c(Cl)c(F)c1. The van der Waals surface area contributed by atoms with Crippen LogP contribution in [0.5, 0.6) is 0 Å². The number of benzene rings is 2. The summed E-state index contributed by atoms with van der Waals surface area (Å²) in [7, 11) is 0. The third kappa shape index (κ3) is 7.90. The monoisotopic (exact) mass is 537 g/mol. The van der Waals surface area contributed by atoms with E-state index in [-0.39, 0.29) is 16.5 Å². The third-order valence-corrected chi connectivity index (χ3v) is 7.51. The predicted molar refractivity (Wildman–Crippen MR) is 142 cm³/mol. The van der Waals surface area contributed by atoms with Crippen LogP contribution in [0, 0.1) is 19.7 Å². The molecule has 0 fully saturated rings. The zero-order chi connectivity index (χ0) is 25.4. The molecular formula is C26H30Cl2FN3O2S. The van der Waals surface area contributed by atoms with Gasteiger partial charge in [0.15, 0.2) is 6.39 Å². The average molecular weight is 539 g/mol. The van der Waals surface area contributed by atoms with E-state index in [1.165, 1.54) is 12.5 Å². The minimum Gasteiger partial charge on any atom is -0.451 e. The maximum Gasteiger partial charge on any atom is 0.180 e. The smallest absolute Gasteiger partial charge is 0.180 e. The maximum absolute atomic E-state index is 14.2. The Kier molecular flexibility index (Phi) is 10.3. The molecule has 3 aromatic rings. The van der Waals surface area contributed by atoms with Crippen LogP contribution in [0.3, 0.4) is 0 Å². The Balaban J connectivity index is 1.85. The summed E-state index contributed by atoms with van der Waals surface area (Å²) in [4.78, 5) is 5.23. The first-order valence-electron chi connectivity index (χ1n) is 11.4. The molecule has 3 N–H and O–H groups in total. The maximum atomic E-state index is 14.2. The highest BCUT2D eigenvalue weighted by Crippen LogP contribution is 2.31. The van der Waals surface area contributed by atoms with Crippen LogP contribution in [0.4, 0.5) is 4.39 Å². The number of hydrogen-bond acceptors (Lipinski definition) is 6. The second-order valence-electron chi connectivity index (χ2n) is 8.25. The summed E-state index contributed by atoms with van der Waals surface area (Å²) in [6.45, 7) is 6.38. The normalized spacial score (nSPS) is 13.6. The van der Waals surface area contributed by atoms with E-state index in [2.05, 4.69) is 17.2 Å². The molecule has 0 aliphatic rings. The number of halogens is 3. The summed E-state index contributed by atoms with van der Waals surface area (Å²) in [6.07, 6.45) is 7.00. The molecule has 0 saturated carbocycles. The van der Waals surface area contributed by atoms with Crippen LogP contribution in [0.25, 0.3) is 5.70 Å². The molecule has 0 radical (unpaired) electrons. The Hall–Kier alpha value is -2.19. The Labute approximate surface area is 220 Å². The van der Waals surface area contributed by atoms with Crippen LogP contribution >= 0.6 is 35.0 Å². The van der Waals surface area contributed by atoms with Crippen molar-refractivity contribution < 1.29 is 13.5 Å². The molecule has 0 spiro atoms. The van der Waals surface area contributed by atoms with Crippen molar-refractivity contribution in [3.8, 4) is 0 Å². The molecule has 9 heteroatoms. The molecule has 0 aliphatic carbocycles. The van der Waals surface area contributed by atoms with Gasteiger partial charge < -0.3 is 20.2 Å². The van der Waals surface area contributed by atoms with Crippen molar-refractivity contribution in [2.24, 2.45) is 5.73 Å². The van der Waals surface area contributed by atoms with Crippen LogP contribution < -0.4 is 11.1 Å². The zero-order valence-corrected chi connectivity index (χ0v) is 22.3. The fourth-order valence-corrected chi connectivity index (χ4v) is 4.88. The van der Waals surface area contributed by atoms with Crippen molar-refractivity contribution >= 4 is 40.7 Å². The standard InChI is InChI=1S/C26H30Cl2FN3O2S/c1-4-9-34-26(35-20-7-5-16(2)21(27)12-20)24(8-6-19-14-33-15-32-19)31-13-23(30)18-10-17(3)25(28)22(29)11-18/h5,7,10-15,24,26,31H,4,6,8-9,30H2,1-3H3/b23-13-. The number of ether oxygens (including phenoxy) is 1. The van der Waals surface area contributed by atoms with E-state index in [1.54, 1.807) is 37.2 Å². The van der Waals surface area contributed by atoms with Crippen molar-refractivity contribution in [3.63, 3.8) is 0 Å². The number of aryl methyl sites for hydroxylation is 3. The van der Waals surface area contributed by atoms with Gasteiger partial charge in [0.1, 0.15) is 17.5 Å². The average Bonchev–Trinajstić information content (AvgIpc) is 3.36. The van der Waals surface area contributed by atoms with Crippen LogP contribution in [-0.2, 0) is 11.2 Å².